The van der Waals surface area contributed by atoms with Crippen molar-refractivity contribution in [2.45, 2.75) is 42.9 Å². The molecule has 1 saturated carbocycles. The minimum absolute atomic E-state index is 0.0399. The van der Waals surface area contributed by atoms with Crippen molar-refractivity contribution in [2.75, 3.05) is 4.90 Å². The number of hydrogen-bond donors (Lipinski definition) is 0. The number of fused-ring (bicyclic) bond motifs is 14. The van der Waals surface area contributed by atoms with E-state index in [9.17, 15) is 0 Å². The molecule has 1 spiro atoms. The Labute approximate surface area is 398 Å². The van der Waals surface area contributed by atoms with Gasteiger partial charge in [0.2, 0.25) is 0 Å². The first kappa shape index (κ1) is 39.2. The molecule has 68 heavy (non-hydrogen) atoms. The third-order valence-corrected chi connectivity index (χ3v) is 16.1. The first-order valence-corrected chi connectivity index (χ1v) is 24.6. The molecule has 0 atom stereocenters. The predicted molar refractivity (Wildman–Crippen MR) is 286 cm³/mol. The molecule has 0 bridgehead atoms. The largest absolute Gasteiger partial charge is 0.310 e. The standard InChI is InChI=1S/C67H49N/c1-4-19-47(20-5-1)67(48-21-6-2-7-22-48)62-31-15-13-27-56(62)58-40-38-50(44-63(58)67)68(64-32-18-29-59-57-28-12-14-30-61(57)66(65(59)64)41-16-3-17-42-66)49-36-33-45(34-37-49)46-35-39-55-53-25-9-8-23-51(53)52-24-10-11-26-54(52)60(55)43-46/h1-2,4-15,18-40,43-44H,3,16-17,41-42H2. The van der Waals surface area contributed by atoms with Crippen molar-refractivity contribution in [1.82, 2.24) is 0 Å². The van der Waals surface area contributed by atoms with Crippen LogP contribution in [0.2, 0.25) is 0 Å². The van der Waals surface area contributed by atoms with E-state index in [2.05, 4.69) is 241 Å². The lowest BCUT2D eigenvalue weighted by Crippen LogP contribution is -2.30. The van der Waals surface area contributed by atoms with Crippen molar-refractivity contribution in [3.63, 3.8) is 0 Å². The zero-order chi connectivity index (χ0) is 44.8. The van der Waals surface area contributed by atoms with Gasteiger partial charge in [-0.25, -0.2) is 0 Å². The highest BCUT2D eigenvalue weighted by molar-refractivity contribution is 6.25. The summed E-state index contributed by atoms with van der Waals surface area (Å²) in [5, 5.41) is 7.78. The van der Waals surface area contributed by atoms with Crippen molar-refractivity contribution >= 4 is 49.4 Å². The summed E-state index contributed by atoms with van der Waals surface area (Å²) in [5.74, 6) is 0. The zero-order valence-corrected chi connectivity index (χ0v) is 38.0. The third-order valence-electron chi connectivity index (χ3n) is 16.1. The van der Waals surface area contributed by atoms with Gasteiger partial charge in [0.25, 0.3) is 0 Å². The Kier molecular flexibility index (Phi) is 8.80. The molecule has 0 aliphatic heterocycles. The van der Waals surface area contributed by atoms with Crippen molar-refractivity contribution in [3.8, 4) is 33.4 Å². The molecule has 0 amide bonds. The number of benzene rings is 11. The van der Waals surface area contributed by atoms with E-state index in [-0.39, 0.29) is 5.41 Å². The first-order valence-electron chi connectivity index (χ1n) is 24.6. The summed E-state index contributed by atoms with van der Waals surface area (Å²) in [5.41, 5.74) is 19.0. The van der Waals surface area contributed by atoms with Crippen molar-refractivity contribution in [2.24, 2.45) is 0 Å². The van der Waals surface area contributed by atoms with E-state index in [1.807, 2.05) is 0 Å². The van der Waals surface area contributed by atoms with Gasteiger partial charge in [-0.3, -0.25) is 0 Å². The first-order chi connectivity index (χ1) is 33.7. The lowest BCUT2D eigenvalue weighted by Gasteiger charge is -2.39. The Morgan fingerprint density at radius 1 is 0.309 bits per heavy atom. The maximum atomic E-state index is 2.61. The molecule has 0 aromatic heterocycles. The van der Waals surface area contributed by atoms with Gasteiger partial charge in [0.1, 0.15) is 0 Å². The molecule has 1 nitrogen and oxygen atoms in total. The molecule has 0 saturated heterocycles. The van der Waals surface area contributed by atoms with E-state index in [1.54, 1.807) is 0 Å². The molecule has 0 radical (unpaired) electrons. The minimum atomic E-state index is -0.509. The summed E-state index contributed by atoms with van der Waals surface area (Å²) in [6, 6.07) is 89.5. The van der Waals surface area contributed by atoms with Crippen LogP contribution in [-0.2, 0) is 10.8 Å². The molecule has 322 valence electrons. The monoisotopic (exact) mass is 867 g/mol. The fourth-order valence-electron chi connectivity index (χ4n) is 13.3. The highest BCUT2D eigenvalue weighted by Gasteiger charge is 2.48. The summed E-state index contributed by atoms with van der Waals surface area (Å²) in [7, 11) is 0. The van der Waals surface area contributed by atoms with E-state index in [0.717, 1.165) is 18.5 Å². The number of hydrogen-bond acceptors (Lipinski definition) is 1. The fourth-order valence-corrected chi connectivity index (χ4v) is 13.3. The second-order valence-corrected chi connectivity index (χ2v) is 19.4. The average Bonchev–Trinajstić information content (AvgIpc) is 3.87. The van der Waals surface area contributed by atoms with Gasteiger partial charge in [0.05, 0.1) is 11.1 Å². The van der Waals surface area contributed by atoms with Crippen LogP contribution in [0.3, 0.4) is 0 Å². The summed E-state index contributed by atoms with van der Waals surface area (Å²) in [4.78, 5) is 2.61. The molecular weight excluding hydrogens is 819 g/mol. The summed E-state index contributed by atoms with van der Waals surface area (Å²) in [6.45, 7) is 0. The molecule has 0 N–H and O–H groups in total. The molecule has 1 fully saturated rings. The van der Waals surface area contributed by atoms with Crippen molar-refractivity contribution in [1.29, 1.82) is 0 Å². The maximum absolute atomic E-state index is 2.61. The SMILES string of the molecule is c1ccc(C2(c3ccccc3)c3ccccc3-c3ccc(N(c4ccc(-c5ccc6c7ccccc7c7ccccc7c6c5)cc4)c4cccc5c4C4(CCCCC4)c4ccccc4-5)cc32)cc1. The van der Waals surface area contributed by atoms with Crippen molar-refractivity contribution in [3.05, 3.63) is 270 Å². The predicted octanol–water partition coefficient (Wildman–Crippen LogP) is 17.9. The second kappa shape index (κ2) is 15.3. The van der Waals surface area contributed by atoms with E-state index >= 15 is 0 Å². The molecule has 3 aliphatic rings. The highest BCUT2D eigenvalue weighted by atomic mass is 15.1. The Bertz CT molecular complexity index is 3690. The lowest BCUT2D eigenvalue weighted by molar-refractivity contribution is 0.353. The van der Waals surface area contributed by atoms with Crippen LogP contribution >= 0.6 is 0 Å². The van der Waals surface area contributed by atoms with Crippen LogP contribution < -0.4 is 4.90 Å². The van der Waals surface area contributed by atoms with Gasteiger partial charge in [-0.05, 0) is 148 Å². The molecule has 11 aromatic rings. The number of anilines is 3. The lowest BCUT2D eigenvalue weighted by atomic mass is 9.67. The topological polar surface area (TPSA) is 3.24 Å². The fraction of sp³-hybridized carbons (Fsp3) is 0.104. The number of nitrogens with zero attached hydrogens (tertiary/aromatic N) is 1. The van der Waals surface area contributed by atoms with Gasteiger partial charge in [-0.15, -0.1) is 0 Å². The molecule has 14 rings (SSSR count). The van der Waals surface area contributed by atoms with Crippen LogP contribution in [0.15, 0.2) is 237 Å². The van der Waals surface area contributed by atoms with Crippen molar-refractivity contribution < 1.29 is 0 Å². The molecule has 11 aromatic carbocycles. The summed E-state index contributed by atoms with van der Waals surface area (Å²) in [6.07, 6.45) is 6.09. The normalized spacial score (nSPS) is 15.0. The summed E-state index contributed by atoms with van der Waals surface area (Å²) >= 11 is 0. The molecule has 3 aliphatic carbocycles. The van der Waals surface area contributed by atoms with Gasteiger partial charge in [0.15, 0.2) is 0 Å². The highest BCUT2D eigenvalue weighted by Crippen LogP contribution is 2.61. The zero-order valence-electron chi connectivity index (χ0n) is 38.0. The van der Waals surface area contributed by atoms with Crippen LogP contribution in [0.25, 0.3) is 65.7 Å². The second-order valence-electron chi connectivity index (χ2n) is 19.4. The van der Waals surface area contributed by atoms with Crippen LogP contribution in [-0.4, -0.2) is 0 Å². The van der Waals surface area contributed by atoms with Gasteiger partial charge in [-0.1, -0.05) is 219 Å². The van der Waals surface area contributed by atoms with Gasteiger partial charge >= 0.3 is 0 Å². The van der Waals surface area contributed by atoms with Gasteiger partial charge < -0.3 is 4.90 Å². The maximum Gasteiger partial charge on any atom is 0.0714 e. The Balaban J connectivity index is 0.996. The Hall–Kier alpha value is -8.00. The van der Waals surface area contributed by atoms with Crippen LogP contribution in [0, 0.1) is 0 Å². The smallest absolute Gasteiger partial charge is 0.0714 e. The minimum Gasteiger partial charge on any atom is -0.310 e. The van der Waals surface area contributed by atoms with Crippen LogP contribution in [0.1, 0.15) is 65.5 Å². The van der Waals surface area contributed by atoms with E-state index in [1.165, 1.54) is 130 Å². The molecular formula is C67H49N. The summed E-state index contributed by atoms with van der Waals surface area (Å²) < 4.78 is 0. The Morgan fingerprint density at radius 2 is 0.809 bits per heavy atom. The van der Waals surface area contributed by atoms with E-state index < -0.39 is 5.41 Å². The van der Waals surface area contributed by atoms with E-state index in [0.29, 0.717) is 0 Å². The third kappa shape index (κ3) is 5.57. The van der Waals surface area contributed by atoms with Crippen LogP contribution in [0.5, 0.6) is 0 Å². The van der Waals surface area contributed by atoms with Crippen LogP contribution in [0.4, 0.5) is 17.1 Å². The molecule has 0 heterocycles. The quantitative estimate of drug-likeness (QED) is 0.151. The van der Waals surface area contributed by atoms with E-state index in [4.69, 9.17) is 0 Å². The number of rotatable bonds is 6. The molecule has 1 heteroatoms. The van der Waals surface area contributed by atoms with Gasteiger partial charge in [0, 0.05) is 16.8 Å². The molecule has 0 unspecified atom stereocenters. The average molecular weight is 868 g/mol. The van der Waals surface area contributed by atoms with Gasteiger partial charge in [-0.2, -0.15) is 0 Å². The Morgan fingerprint density at radius 3 is 1.47 bits per heavy atom.